The van der Waals surface area contributed by atoms with E-state index >= 15 is 0 Å². The fourth-order valence-electron chi connectivity index (χ4n) is 7.03. The van der Waals surface area contributed by atoms with Crippen molar-refractivity contribution in [1.29, 1.82) is 0 Å². The Kier molecular flexibility index (Phi) is 8.47. The third kappa shape index (κ3) is 5.76. The van der Waals surface area contributed by atoms with Crippen LogP contribution in [0.15, 0.2) is 35.5 Å². The number of carbonyl (C=O) groups is 1. The number of carbonyl (C=O) groups excluding carboxylic acids is 1. The normalized spacial score (nSPS) is 36.5. The van der Waals surface area contributed by atoms with Crippen LogP contribution in [0.5, 0.6) is 0 Å². The summed E-state index contributed by atoms with van der Waals surface area (Å²) in [7, 11) is 0. The van der Waals surface area contributed by atoms with Gasteiger partial charge >= 0.3 is 5.97 Å². The van der Waals surface area contributed by atoms with Crippen LogP contribution in [0, 0.1) is 29.1 Å². The maximum absolute atomic E-state index is 11.4. The van der Waals surface area contributed by atoms with Crippen molar-refractivity contribution < 1.29 is 14.6 Å². The zero-order chi connectivity index (χ0) is 23.5. The van der Waals surface area contributed by atoms with Crippen LogP contribution in [-0.4, -0.2) is 23.3 Å². The maximum atomic E-state index is 11.4. The van der Waals surface area contributed by atoms with Gasteiger partial charge in [0.2, 0.25) is 0 Å². The molecule has 0 saturated heterocycles. The molecule has 0 amide bonds. The molecule has 6 atom stereocenters. The summed E-state index contributed by atoms with van der Waals surface area (Å²) in [5.41, 5.74) is 3.89. The maximum Gasteiger partial charge on any atom is 0.303 e. The molecule has 0 heterocycles. The topological polar surface area (TPSA) is 46.5 Å². The standard InChI is InChI=1S/C29H46O3/c1-19(2)9-7-10-20(3)26-14-15-27-23(11-8-16-29(26,27)6)12-13-24-17-25(31)18-28(21(24)4)32-22(5)30/h12-13,19-20,25-28,31H,4,7-11,14-18H2,1-3,5-6H3/b23-12?,24-13-/t20-,25-,26-,27-,28-,29-/m1/s1. The Bertz CT molecular complexity index is 746. The SMILES string of the molecule is C=C1/C(=C\C=C2CCC[C@@]3(C)[C@@H]2CC[C@@H]3[C@H](C)CCCC(C)C)C[C@@H](O)C[C@H]1OC(C)=O. The molecular weight excluding hydrogens is 396 g/mol. The predicted octanol–water partition coefficient (Wildman–Crippen LogP) is 7.16. The molecule has 3 fully saturated rings. The molecule has 3 aliphatic rings. The van der Waals surface area contributed by atoms with Crippen LogP contribution in [0.4, 0.5) is 0 Å². The van der Waals surface area contributed by atoms with E-state index in [1.807, 2.05) is 0 Å². The average Bonchev–Trinajstić information content (AvgIpc) is 3.06. The van der Waals surface area contributed by atoms with Crippen LogP contribution < -0.4 is 0 Å². The van der Waals surface area contributed by atoms with Crippen molar-refractivity contribution in [2.45, 2.75) is 111 Å². The molecule has 0 spiro atoms. The molecular formula is C29H46O3. The van der Waals surface area contributed by atoms with Crippen molar-refractivity contribution in [2.24, 2.45) is 29.1 Å². The van der Waals surface area contributed by atoms with Gasteiger partial charge in [0, 0.05) is 13.3 Å². The highest BCUT2D eigenvalue weighted by Gasteiger charge is 2.50. The Morgan fingerprint density at radius 2 is 2.00 bits per heavy atom. The number of rotatable bonds is 7. The number of hydrogen-bond acceptors (Lipinski definition) is 3. The second kappa shape index (κ2) is 10.7. The first-order valence-corrected chi connectivity index (χ1v) is 13.1. The fourth-order valence-corrected chi connectivity index (χ4v) is 7.03. The summed E-state index contributed by atoms with van der Waals surface area (Å²) in [6, 6.07) is 0. The van der Waals surface area contributed by atoms with Crippen molar-refractivity contribution in [3.05, 3.63) is 35.5 Å². The lowest BCUT2D eigenvalue weighted by atomic mass is 9.60. The van der Waals surface area contributed by atoms with Gasteiger partial charge in [0.25, 0.3) is 0 Å². The van der Waals surface area contributed by atoms with E-state index in [-0.39, 0.29) is 5.97 Å². The summed E-state index contributed by atoms with van der Waals surface area (Å²) in [4.78, 5) is 11.4. The molecule has 0 aliphatic heterocycles. The lowest BCUT2D eigenvalue weighted by Crippen LogP contribution is -2.36. The zero-order valence-electron chi connectivity index (χ0n) is 21.2. The molecule has 180 valence electrons. The largest absolute Gasteiger partial charge is 0.458 e. The second-order valence-electron chi connectivity index (χ2n) is 11.5. The molecule has 3 nitrogen and oxygen atoms in total. The van der Waals surface area contributed by atoms with Crippen molar-refractivity contribution >= 4 is 5.97 Å². The summed E-state index contributed by atoms with van der Waals surface area (Å²) in [5.74, 6) is 2.80. The number of esters is 1. The van der Waals surface area contributed by atoms with Crippen LogP contribution in [0.25, 0.3) is 0 Å². The van der Waals surface area contributed by atoms with E-state index in [1.165, 1.54) is 58.3 Å². The highest BCUT2D eigenvalue weighted by atomic mass is 16.5. The zero-order valence-corrected chi connectivity index (χ0v) is 21.2. The number of hydrogen-bond donors (Lipinski definition) is 1. The Labute approximate surface area is 196 Å². The minimum Gasteiger partial charge on any atom is -0.458 e. The Morgan fingerprint density at radius 1 is 1.25 bits per heavy atom. The number of aliphatic hydroxyl groups is 1. The minimum absolute atomic E-state index is 0.314. The van der Waals surface area contributed by atoms with E-state index in [4.69, 9.17) is 4.74 Å². The Balaban J connectivity index is 1.72. The monoisotopic (exact) mass is 442 g/mol. The Hall–Kier alpha value is -1.35. The van der Waals surface area contributed by atoms with E-state index in [0.29, 0.717) is 24.2 Å². The van der Waals surface area contributed by atoms with E-state index < -0.39 is 12.2 Å². The quantitative estimate of drug-likeness (QED) is 0.425. The highest BCUT2D eigenvalue weighted by molar-refractivity contribution is 5.66. The molecule has 0 aromatic heterocycles. The van der Waals surface area contributed by atoms with Crippen LogP contribution >= 0.6 is 0 Å². The number of aliphatic hydroxyl groups excluding tert-OH is 1. The first kappa shape index (κ1) is 25.3. The van der Waals surface area contributed by atoms with Gasteiger partial charge in [0.05, 0.1) is 6.10 Å². The number of allylic oxidation sites excluding steroid dienone is 3. The van der Waals surface area contributed by atoms with Gasteiger partial charge in [-0.15, -0.1) is 0 Å². The molecule has 32 heavy (non-hydrogen) atoms. The van der Waals surface area contributed by atoms with Gasteiger partial charge in [-0.2, -0.15) is 0 Å². The average molecular weight is 443 g/mol. The van der Waals surface area contributed by atoms with Crippen molar-refractivity contribution in [3.63, 3.8) is 0 Å². The molecule has 3 aliphatic carbocycles. The molecule has 3 heteroatoms. The van der Waals surface area contributed by atoms with Gasteiger partial charge in [-0.3, -0.25) is 4.79 Å². The van der Waals surface area contributed by atoms with Gasteiger partial charge < -0.3 is 9.84 Å². The lowest BCUT2D eigenvalue weighted by molar-refractivity contribution is -0.146. The number of fused-ring (bicyclic) bond motifs is 1. The molecule has 3 saturated carbocycles. The van der Waals surface area contributed by atoms with Crippen molar-refractivity contribution in [1.82, 2.24) is 0 Å². The van der Waals surface area contributed by atoms with Gasteiger partial charge in [0.1, 0.15) is 6.10 Å². The molecule has 0 unspecified atom stereocenters. The summed E-state index contributed by atoms with van der Waals surface area (Å²) < 4.78 is 5.41. The van der Waals surface area contributed by atoms with Gasteiger partial charge in [-0.05, 0) is 78.8 Å². The van der Waals surface area contributed by atoms with E-state index in [9.17, 15) is 9.90 Å². The van der Waals surface area contributed by atoms with Gasteiger partial charge in [-0.25, -0.2) is 0 Å². The smallest absolute Gasteiger partial charge is 0.303 e. The van der Waals surface area contributed by atoms with E-state index in [2.05, 4.69) is 46.4 Å². The van der Waals surface area contributed by atoms with Crippen LogP contribution in [0.2, 0.25) is 0 Å². The fraction of sp³-hybridized carbons (Fsp3) is 0.759. The van der Waals surface area contributed by atoms with Crippen LogP contribution in [-0.2, 0) is 9.53 Å². The second-order valence-corrected chi connectivity index (χ2v) is 11.5. The Morgan fingerprint density at radius 3 is 2.69 bits per heavy atom. The van der Waals surface area contributed by atoms with Crippen LogP contribution in [0.1, 0.15) is 98.8 Å². The number of ether oxygens (including phenoxy) is 1. The van der Waals surface area contributed by atoms with E-state index in [1.54, 1.807) is 5.57 Å². The van der Waals surface area contributed by atoms with Crippen molar-refractivity contribution in [2.75, 3.05) is 0 Å². The molecule has 0 aromatic rings. The minimum atomic E-state index is -0.478. The highest BCUT2D eigenvalue weighted by Crippen LogP contribution is 2.60. The predicted molar refractivity (Wildman–Crippen MR) is 132 cm³/mol. The summed E-state index contributed by atoms with van der Waals surface area (Å²) >= 11 is 0. The van der Waals surface area contributed by atoms with Gasteiger partial charge in [0.15, 0.2) is 0 Å². The van der Waals surface area contributed by atoms with Crippen molar-refractivity contribution in [3.8, 4) is 0 Å². The molecule has 0 aromatic carbocycles. The lowest BCUT2D eigenvalue weighted by Gasteiger charge is -2.44. The van der Waals surface area contributed by atoms with E-state index in [0.717, 1.165) is 28.9 Å². The molecule has 0 radical (unpaired) electrons. The summed E-state index contributed by atoms with van der Waals surface area (Å²) in [5, 5.41) is 10.3. The molecule has 0 bridgehead atoms. The first-order valence-electron chi connectivity index (χ1n) is 13.1. The van der Waals surface area contributed by atoms with Gasteiger partial charge in [-0.1, -0.05) is 71.3 Å². The van der Waals surface area contributed by atoms with Crippen LogP contribution in [0.3, 0.4) is 0 Å². The summed E-state index contributed by atoms with van der Waals surface area (Å²) in [6.07, 6.45) is 15.2. The summed E-state index contributed by atoms with van der Waals surface area (Å²) in [6.45, 7) is 15.3. The molecule has 3 rings (SSSR count). The third-order valence-electron chi connectivity index (χ3n) is 8.72. The first-order chi connectivity index (χ1) is 15.1. The third-order valence-corrected chi connectivity index (χ3v) is 8.72. The molecule has 1 N–H and O–H groups in total.